The van der Waals surface area contributed by atoms with Crippen LogP contribution in [0.25, 0.3) is 5.57 Å². The maximum absolute atomic E-state index is 14.6. The smallest absolute Gasteiger partial charge is 0.282 e. The lowest BCUT2D eigenvalue weighted by molar-refractivity contribution is -0.120. The van der Waals surface area contributed by atoms with E-state index in [-0.39, 0.29) is 17.0 Å². The highest BCUT2D eigenvalue weighted by Gasteiger charge is 2.41. The van der Waals surface area contributed by atoms with Gasteiger partial charge >= 0.3 is 0 Å². The van der Waals surface area contributed by atoms with Crippen molar-refractivity contribution in [3.05, 3.63) is 93.6 Å². The van der Waals surface area contributed by atoms with Gasteiger partial charge in [0.05, 0.1) is 24.1 Å². The van der Waals surface area contributed by atoms with Crippen molar-refractivity contribution in [1.29, 1.82) is 0 Å². The third kappa shape index (κ3) is 4.07. The van der Waals surface area contributed by atoms with Gasteiger partial charge in [-0.15, -0.1) is 0 Å². The fraction of sp³-hybridized carbons (Fsp3) is 0.120. The number of nitrogens with one attached hydrogen (secondary N) is 1. The number of benzene rings is 3. The molecule has 33 heavy (non-hydrogen) atoms. The number of rotatable bonds is 5. The molecule has 0 unspecified atom stereocenters. The molecule has 0 saturated heterocycles. The van der Waals surface area contributed by atoms with Crippen LogP contribution in [0.1, 0.15) is 16.7 Å². The number of anilines is 2. The lowest BCUT2D eigenvalue weighted by Gasteiger charge is -2.16. The second-order valence-corrected chi connectivity index (χ2v) is 8.00. The van der Waals surface area contributed by atoms with Crippen LogP contribution in [0, 0.1) is 25.5 Å². The fourth-order valence-electron chi connectivity index (χ4n) is 3.60. The Morgan fingerprint density at radius 1 is 0.909 bits per heavy atom. The number of methoxy groups -OCH3 is 1. The van der Waals surface area contributed by atoms with Crippen molar-refractivity contribution < 1.29 is 23.1 Å². The van der Waals surface area contributed by atoms with Gasteiger partial charge in [0.25, 0.3) is 11.8 Å². The minimum Gasteiger partial charge on any atom is -0.495 e. The second kappa shape index (κ2) is 8.67. The SMILES string of the molecule is COc1ccc(Cl)cc1NC1=C(c2ccc(C)c(C)c2)C(=O)N(c2ccc(F)cc2F)C1=O. The average molecular weight is 469 g/mol. The zero-order chi connectivity index (χ0) is 23.9. The van der Waals surface area contributed by atoms with Crippen molar-refractivity contribution in [3.8, 4) is 5.75 Å². The summed E-state index contributed by atoms with van der Waals surface area (Å²) in [5.41, 5.74) is 2.37. The molecule has 0 fully saturated rings. The summed E-state index contributed by atoms with van der Waals surface area (Å²) in [5.74, 6) is -2.99. The molecule has 8 heteroatoms. The lowest BCUT2D eigenvalue weighted by atomic mass is 9.99. The number of imide groups is 1. The van der Waals surface area contributed by atoms with E-state index in [1.807, 2.05) is 19.9 Å². The van der Waals surface area contributed by atoms with Crippen LogP contribution in [0.4, 0.5) is 20.2 Å². The van der Waals surface area contributed by atoms with E-state index in [1.54, 1.807) is 30.3 Å². The van der Waals surface area contributed by atoms with Crippen molar-refractivity contribution in [2.75, 3.05) is 17.3 Å². The maximum Gasteiger partial charge on any atom is 0.282 e. The van der Waals surface area contributed by atoms with Gasteiger partial charge in [-0.1, -0.05) is 29.8 Å². The highest BCUT2D eigenvalue weighted by atomic mass is 35.5. The molecule has 4 rings (SSSR count). The van der Waals surface area contributed by atoms with Crippen LogP contribution in [0.15, 0.2) is 60.3 Å². The standard InChI is InChI=1S/C25H19ClF2N2O3/c1-13-4-5-15(10-14(13)2)22-23(29-19-11-16(26)6-9-21(19)33-3)25(32)30(24(22)31)20-8-7-17(27)12-18(20)28/h4-12,29H,1-3H3. The monoisotopic (exact) mass is 468 g/mol. The Morgan fingerprint density at radius 3 is 2.33 bits per heavy atom. The summed E-state index contributed by atoms with van der Waals surface area (Å²) >= 11 is 6.12. The molecule has 0 bridgehead atoms. The number of ether oxygens (including phenoxy) is 1. The van der Waals surface area contributed by atoms with E-state index in [1.165, 1.54) is 7.11 Å². The van der Waals surface area contributed by atoms with Crippen LogP contribution < -0.4 is 15.0 Å². The minimum absolute atomic E-state index is 0.0499. The first kappa shape index (κ1) is 22.5. The molecule has 2 amide bonds. The Bertz CT molecular complexity index is 1340. The zero-order valence-corrected chi connectivity index (χ0v) is 18.8. The highest BCUT2D eigenvalue weighted by molar-refractivity contribution is 6.46. The van der Waals surface area contributed by atoms with Crippen LogP contribution in [0.5, 0.6) is 5.75 Å². The van der Waals surface area contributed by atoms with Gasteiger partial charge in [-0.3, -0.25) is 9.59 Å². The van der Waals surface area contributed by atoms with E-state index in [0.717, 1.165) is 23.3 Å². The van der Waals surface area contributed by atoms with E-state index in [9.17, 15) is 18.4 Å². The average Bonchev–Trinajstić information content (AvgIpc) is 3.00. The minimum atomic E-state index is -1.03. The molecule has 168 valence electrons. The second-order valence-electron chi connectivity index (χ2n) is 7.56. The molecule has 0 aromatic heterocycles. The third-order valence-corrected chi connectivity index (χ3v) is 5.69. The summed E-state index contributed by atoms with van der Waals surface area (Å²) in [5, 5.41) is 3.34. The van der Waals surface area contributed by atoms with Crippen molar-refractivity contribution in [2.45, 2.75) is 13.8 Å². The highest BCUT2D eigenvalue weighted by Crippen LogP contribution is 2.37. The van der Waals surface area contributed by atoms with Gasteiger partial charge in [0, 0.05) is 11.1 Å². The molecule has 0 aliphatic carbocycles. The van der Waals surface area contributed by atoms with E-state index >= 15 is 0 Å². The van der Waals surface area contributed by atoms with Crippen LogP contribution in [-0.4, -0.2) is 18.9 Å². The first-order valence-electron chi connectivity index (χ1n) is 9.97. The van der Waals surface area contributed by atoms with Crippen molar-refractivity contribution in [1.82, 2.24) is 0 Å². The molecule has 1 heterocycles. The molecule has 1 aliphatic rings. The van der Waals surface area contributed by atoms with Gasteiger partial charge < -0.3 is 10.1 Å². The molecule has 3 aromatic rings. The topological polar surface area (TPSA) is 58.6 Å². The van der Waals surface area contributed by atoms with Crippen molar-refractivity contribution in [3.63, 3.8) is 0 Å². The summed E-state index contributed by atoms with van der Waals surface area (Å²) in [6.45, 7) is 3.80. The summed E-state index contributed by atoms with van der Waals surface area (Å²) in [6, 6.07) is 12.8. The first-order chi connectivity index (χ1) is 15.7. The van der Waals surface area contributed by atoms with E-state index < -0.39 is 23.4 Å². The largest absolute Gasteiger partial charge is 0.495 e. The predicted octanol–water partition coefficient (Wildman–Crippen LogP) is 5.64. The number of carbonyl (C=O) groups is 2. The Balaban J connectivity index is 1.89. The van der Waals surface area contributed by atoms with Gasteiger partial charge in [-0.25, -0.2) is 13.7 Å². The van der Waals surface area contributed by atoms with Crippen LogP contribution in [0.2, 0.25) is 5.02 Å². The number of aryl methyl sites for hydroxylation is 2. The lowest BCUT2D eigenvalue weighted by Crippen LogP contribution is -2.33. The van der Waals surface area contributed by atoms with E-state index in [2.05, 4.69) is 5.32 Å². The quantitative estimate of drug-likeness (QED) is 0.492. The molecule has 0 radical (unpaired) electrons. The number of hydrogen-bond acceptors (Lipinski definition) is 4. The van der Waals surface area contributed by atoms with Crippen LogP contribution in [0.3, 0.4) is 0 Å². The normalized spacial score (nSPS) is 13.7. The summed E-state index contributed by atoms with van der Waals surface area (Å²) < 4.78 is 33.4. The Labute approximate surface area is 194 Å². The molecule has 0 atom stereocenters. The third-order valence-electron chi connectivity index (χ3n) is 5.45. The molecular formula is C25H19ClF2N2O3. The number of halogens is 3. The summed E-state index contributed by atoms with van der Waals surface area (Å²) in [7, 11) is 1.45. The molecule has 1 aliphatic heterocycles. The molecule has 0 spiro atoms. The molecule has 3 aromatic carbocycles. The number of hydrogen-bond donors (Lipinski definition) is 1. The van der Waals surface area contributed by atoms with Gasteiger partial charge in [-0.2, -0.15) is 0 Å². The molecule has 0 saturated carbocycles. The van der Waals surface area contributed by atoms with Gasteiger partial charge in [0.15, 0.2) is 0 Å². The van der Waals surface area contributed by atoms with Crippen LogP contribution in [-0.2, 0) is 9.59 Å². The molecule has 5 nitrogen and oxygen atoms in total. The van der Waals surface area contributed by atoms with Gasteiger partial charge in [0.1, 0.15) is 23.1 Å². The number of carbonyl (C=O) groups excluding carboxylic acids is 2. The first-order valence-corrected chi connectivity index (χ1v) is 10.4. The predicted molar refractivity (Wildman–Crippen MR) is 123 cm³/mol. The van der Waals surface area contributed by atoms with Gasteiger partial charge in [-0.05, 0) is 60.9 Å². The van der Waals surface area contributed by atoms with Crippen molar-refractivity contribution >= 4 is 40.4 Å². The van der Waals surface area contributed by atoms with Gasteiger partial charge in [0.2, 0.25) is 0 Å². The molecule has 1 N–H and O–H groups in total. The number of nitrogens with zero attached hydrogens (tertiary/aromatic N) is 1. The Morgan fingerprint density at radius 2 is 1.67 bits per heavy atom. The van der Waals surface area contributed by atoms with Crippen LogP contribution >= 0.6 is 11.6 Å². The fourth-order valence-corrected chi connectivity index (χ4v) is 3.78. The zero-order valence-electron chi connectivity index (χ0n) is 18.0. The summed E-state index contributed by atoms with van der Waals surface area (Å²) in [4.78, 5) is 27.6. The molecular weight excluding hydrogens is 450 g/mol. The van der Waals surface area contributed by atoms with E-state index in [4.69, 9.17) is 16.3 Å². The van der Waals surface area contributed by atoms with E-state index in [0.29, 0.717) is 33.0 Å². The van der Waals surface area contributed by atoms with Crippen molar-refractivity contribution in [2.24, 2.45) is 0 Å². The number of amides is 2. The Hall–Kier alpha value is -3.71. The summed E-state index contributed by atoms with van der Waals surface area (Å²) in [6.07, 6.45) is 0. The Kier molecular flexibility index (Phi) is 5.91. The maximum atomic E-state index is 14.6.